The Morgan fingerprint density at radius 3 is 2.38 bits per heavy atom. The Morgan fingerprint density at radius 1 is 1.08 bits per heavy atom. The normalized spacial score (nSPS) is 11.7. The van der Waals surface area contributed by atoms with E-state index < -0.39 is 0 Å². The number of hydrogen-bond donors (Lipinski definition) is 1. The van der Waals surface area contributed by atoms with Crippen LogP contribution in [-0.4, -0.2) is 25.4 Å². The zero-order valence-electron chi connectivity index (χ0n) is 14.5. The first kappa shape index (κ1) is 18.2. The molecule has 0 saturated heterocycles. The zero-order chi connectivity index (χ0) is 17.5. The molecule has 5 heteroatoms. The Labute approximate surface area is 147 Å². The van der Waals surface area contributed by atoms with Crippen molar-refractivity contribution in [2.45, 2.75) is 30.5 Å². The average Bonchev–Trinajstić information content (AvgIpc) is 2.60. The molecule has 1 unspecified atom stereocenters. The molecule has 1 N–H and O–H groups in total. The fourth-order valence-corrected chi connectivity index (χ4v) is 3.11. The molecule has 0 aromatic heterocycles. The van der Waals surface area contributed by atoms with Crippen LogP contribution in [0.15, 0.2) is 47.4 Å². The highest BCUT2D eigenvalue weighted by Gasteiger charge is 2.15. The van der Waals surface area contributed by atoms with Crippen LogP contribution in [0.3, 0.4) is 0 Å². The molecule has 2 aromatic rings. The first-order valence-electron chi connectivity index (χ1n) is 7.75. The molecule has 1 amide bonds. The summed E-state index contributed by atoms with van der Waals surface area (Å²) in [5.41, 5.74) is 2.31. The van der Waals surface area contributed by atoms with E-state index in [1.54, 1.807) is 14.2 Å². The summed E-state index contributed by atoms with van der Waals surface area (Å²) in [4.78, 5) is 13.2. The third kappa shape index (κ3) is 4.93. The lowest BCUT2D eigenvalue weighted by Gasteiger charge is -2.14. The monoisotopic (exact) mass is 345 g/mol. The molecule has 0 bridgehead atoms. The van der Waals surface area contributed by atoms with E-state index in [4.69, 9.17) is 9.47 Å². The molecule has 0 radical (unpaired) electrons. The number of methoxy groups -OCH3 is 2. The molecule has 1 atom stereocenters. The van der Waals surface area contributed by atoms with Gasteiger partial charge in [0.1, 0.15) is 0 Å². The van der Waals surface area contributed by atoms with Crippen LogP contribution in [0.25, 0.3) is 0 Å². The minimum absolute atomic E-state index is 0.00959. The van der Waals surface area contributed by atoms with Gasteiger partial charge in [0.05, 0.1) is 19.5 Å². The minimum Gasteiger partial charge on any atom is -0.493 e. The van der Waals surface area contributed by atoms with E-state index in [1.165, 1.54) is 17.3 Å². The third-order valence-corrected chi connectivity index (χ3v) is 4.72. The summed E-state index contributed by atoms with van der Waals surface area (Å²) >= 11 is 1.49. The van der Waals surface area contributed by atoms with Crippen LogP contribution in [0.4, 0.5) is 0 Å². The molecular weight excluding hydrogens is 322 g/mol. The van der Waals surface area contributed by atoms with Crippen molar-refractivity contribution in [3.8, 4) is 11.5 Å². The SMILES string of the molecule is COc1ccc(SC(C)C(=O)NCc2ccc(C)cc2)cc1OC. The number of ether oxygens (including phenoxy) is 2. The Bertz CT molecular complexity index is 686. The number of aryl methyl sites for hydroxylation is 1. The summed E-state index contributed by atoms with van der Waals surface area (Å²) in [5, 5.41) is 2.77. The highest BCUT2D eigenvalue weighted by atomic mass is 32.2. The minimum atomic E-state index is -0.200. The van der Waals surface area contributed by atoms with Crippen molar-refractivity contribution in [1.82, 2.24) is 5.32 Å². The molecule has 0 aliphatic heterocycles. The van der Waals surface area contributed by atoms with E-state index in [-0.39, 0.29) is 11.2 Å². The molecule has 2 rings (SSSR count). The fourth-order valence-electron chi connectivity index (χ4n) is 2.19. The van der Waals surface area contributed by atoms with Crippen molar-refractivity contribution < 1.29 is 14.3 Å². The van der Waals surface area contributed by atoms with Crippen molar-refractivity contribution >= 4 is 17.7 Å². The number of amides is 1. The molecule has 0 saturated carbocycles. The number of carbonyl (C=O) groups is 1. The van der Waals surface area contributed by atoms with Gasteiger partial charge in [0.15, 0.2) is 11.5 Å². The largest absolute Gasteiger partial charge is 0.493 e. The molecule has 0 fully saturated rings. The molecule has 0 heterocycles. The van der Waals surface area contributed by atoms with E-state index in [2.05, 4.69) is 5.32 Å². The maximum atomic E-state index is 12.3. The van der Waals surface area contributed by atoms with Gasteiger partial charge in [-0.2, -0.15) is 0 Å². The van der Waals surface area contributed by atoms with E-state index >= 15 is 0 Å². The van der Waals surface area contributed by atoms with Gasteiger partial charge in [-0.3, -0.25) is 4.79 Å². The fraction of sp³-hybridized carbons (Fsp3) is 0.316. The molecule has 4 nitrogen and oxygen atoms in total. The quantitative estimate of drug-likeness (QED) is 0.775. The second-order valence-electron chi connectivity index (χ2n) is 5.48. The lowest BCUT2D eigenvalue weighted by molar-refractivity contribution is -0.120. The number of hydrogen-bond acceptors (Lipinski definition) is 4. The number of nitrogens with one attached hydrogen (secondary N) is 1. The predicted molar refractivity (Wildman–Crippen MR) is 97.9 cm³/mol. The molecule has 0 aliphatic rings. The molecule has 0 spiro atoms. The van der Waals surface area contributed by atoms with Crippen molar-refractivity contribution in [2.24, 2.45) is 0 Å². The summed E-state index contributed by atoms with van der Waals surface area (Å²) in [7, 11) is 3.20. The number of carbonyl (C=O) groups excluding carboxylic acids is 1. The number of thioether (sulfide) groups is 1. The first-order chi connectivity index (χ1) is 11.5. The summed E-state index contributed by atoms with van der Waals surface area (Å²) in [6.07, 6.45) is 0. The third-order valence-electron chi connectivity index (χ3n) is 3.62. The Morgan fingerprint density at radius 2 is 1.75 bits per heavy atom. The van der Waals surface area contributed by atoms with Crippen LogP contribution >= 0.6 is 11.8 Å². The van der Waals surface area contributed by atoms with Gasteiger partial charge >= 0.3 is 0 Å². The Kier molecular flexibility index (Phi) is 6.55. The summed E-state index contributed by atoms with van der Waals surface area (Å²) in [5.74, 6) is 1.35. The van der Waals surface area contributed by atoms with E-state index in [9.17, 15) is 4.79 Å². The maximum Gasteiger partial charge on any atom is 0.233 e. The summed E-state index contributed by atoms with van der Waals surface area (Å²) in [6.45, 7) is 4.48. The van der Waals surface area contributed by atoms with Gasteiger partial charge in [-0.25, -0.2) is 0 Å². The Balaban J connectivity index is 1.92. The zero-order valence-corrected chi connectivity index (χ0v) is 15.3. The summed E-state index contributed by atoms with van der Waals surface area (Å²) in [6, 6.07) is 13.8. The average molecular weight is 345 g/mol. The van der Waals surface area contributed by atoms with Gasteiger partial charge in [-0.05, 0) is 37.6 Å². The summed E-state index contributed by atoms with van der Waals surface area (Å²) < 4.78 is 10.5. The number of benzene rings is 2. The lowest BCUT2D eigenvalue weighted by Crippen LogP contribution is -2.30. The Hall–Kier alpha value is -2.14. The van der Waals surface area contributed by atoms with Crippen LogP contribution < -0.4 is 14.8 Å². The second-order valence-corrected chi connectivity index (χ2v) is 6.89. The van der Waals surface area contributed by atoms with Gasteiger partial charge in [-0.1, -0.05) is 29.8 Å². The molecule has 0 aliphatic carbocycles. The van der Waals surface area contributed by atoms with Crippen LogP contribution in [-0.2, 0) is 11.3 Å². The van der Waals surface area contributed by atoms with Gasteiger partial charge in [0.2, 0.25) is 5.91 Å². The van der Waals surface area contributed by atoms with Crippen molar-refractivity contribution in [2.75, 3.05) is 14.2 Å². The van der Waals surface area contributed by atoms with Gasteiger partial charge < -0.3 is 14.8 Å². The van der Waals surface area contributed by atoms with E-state index in [1.807, 2.05) is 56.3 Å². The van der Waals surface area contributed by atoms with Crippen molar-refractivity contribution in [1.29, 1.82) is 0 Å². The van der Waals surface area contributed by atoms with Crippen molar-refractivity contribution in [3.63, 3.8) is 0 Å². The van der Waals surface area contributed by atoms with Crippen LogP contribution in [0.1, 0.15) is 18.1 Å². The molecule has 128 valence electrons. The predicted octanol–water partition coefficient (Wildman–Crippen LogP) is 3.81. The van der Waals surface area contributed by atoms with Gasteiger partial charge in [0.25, 0.3) is 0 Å². The number of rotatable bonds is 7. The van der Waals surface area contributed by atoms with Crippen molar-refractivity contribution in [3.05, 3.63) is 53.6 Å². The second kappa shape index (κ2) is 8.64. The van der Waals surface area contributed by atoms with Crippen LogP contribution in [0.5, 0.6) is 11.5 Å². The molecule has 24 heavy (non-hydrogen) atoms. The van der Waals surface area contributed by atoms with E-state index in [0.29, 0.717) is 18.0 Å². The highest BCUT2D eigenvalue weighted by Crippen LogP contribution is 2.33. The molecule has 2 aromatic carbocycles. The van der Waals surface area contributed by atoms with Crippen LogP contribution in [0.2, 0.25) is 0 Å². The first-order valence-corrected chi connectivity index (χ1v) is 8.63. The van der Waals surface area contributed by atoms with Gasteiger partial charge in [0, 0.05) is 11.4 Å². The highest BCUT2D eigenvalue weighted by molar-refractivity contribution is 8.00. The van der Waals surface area contributed by atoms with Gasteiger partial charge in [-0.15, -0.1) is 11.8 Å². The van der Waals surface area contributed by atoms with E-state index in [0.717, 1.165) is 10.5 Å². The maximum absolute atomic E-state index is 12.3. The topological polar surface area (TPSA) is 47.6 Å². The molecular formula is C19H23NO3S. The smallest absolute Gasteiger partial charge is 0.233 e. The standard InChI is InChI=1S/C19H23NO3S/c1-13-5-7-15(8-6-13)12-20-19(21)14(2)24-16-9-10-17(22-3)18(11-16)23-4/h5-11,14H,12H2,1-4H3,(H,20,21). The lowest BCUT2D eigenvalue weighted by atomic mass is 10.1. The van der Waals surface area contributed by atoms with Crippen LogP contribution in [0, 0.1) is 6.92 Å².